The lowest BCUT2D eigenvalue weighted by atomic mass is 9.93. The topological polar surface area (TPSA) is 24.5 Å². The summed E-state index contributed by atoms with van der Waals surface area (Å²) in [5.41, 5.74) is 0.0258. The van der Waals surface area contributed by atoms with Gasteiger partial charge in [0.25, 0.3) is 0 Å². The molecule has 2 saturated heterocycles. The van der Waals surface area contributed by atoms with Gasteiger partial charge in [-0.2, -0.15) is 0 Å². The third kappa shape index (κ3) is 2.27. The molecule has 2 atom stereocenters. The maximum atomic E-state index is 6.17. The molecule has 2 rings (SSSR count). The third-order valence-corrected chi connectivity index (χ3v) is 4.10. The lowest BCUT2D eigenvalue weighted by Gasteiger charge is -2.33. The second kappa shape index (κ2) is 3.97. The first-order valence-electron chi connectivity index (χ1n) is 6.45. The van der Waals surface area contributed by atoms with Crippen molar-refractivity contribution in [3.63, 3.8) is 0 Å². The maximum absolute atomic E-state index is 6.17. The van der Waals surface area contributed by atoms with Crippen molar-refractivity contribution >= 4 is 0 Å². The molecule has 3 heteroatoms. The highest BCUT2D eigenvalue weighted by molar-refractivity contribution is 5.02. The van der Waals surface area contributed by atoms with Gasteiger partial charge in [-0.25, -0.2) is 0 Å². The first-order chi connectivity index (χ1) is 7.34. The molecule has 0 spiro atoms. The van der Waals surface area contributed by atoms with Gasteiger partial charge in [-0.3, -0.25) is 4.90 Å². The quantitative estimate of drug-likeness (QED) is 0.774. The van der Waals surface area contributed by atoms with Crippen LogP contribution in [0.15, 0.2) is 0 Å². The van der Waals surface area contributed by atoms with Gasteiger partial charge in [-0.1, -0.05) is 0 Å². The highest BCUT2D eigenvalue weighted by atomic mass is 16.5. The smallest absolute Gasteiger partial charge is 0.0789 e. The van der Waals surface area contributed by atoms with Crippen LogP contribution < -0.4 is 5.32 Å². The Morgan fingerprint density at radius 2 is 1.94 bits per heavy atom. The number of rotatable bonds is 2. The van der Waals surface area contributed by atoms with Crippen LogP contribution in [-0.2, 0) is 4.74 Å². The summed E-state index contributed by atoms with van der Waals surface area (Å²) >= 11 is 0. The van der Waals surface area contributed by atoms with E-state index in [4.69, 9.17) is 4.74 Å². The molecule has 2 aliphatic rings. The Morgan fingerprint density at radius 1 is 1.25 bits per heavy atom. The molecule has 0 aromatic carbocycles. The molecule has 3 nitrogen and oxygen atoms in total. The minimum Gasteiger partial charge on any atom is -0.368 e. The van der Waals surface area contributed by atoms with Crippen LogP contribution in [0.2, 0.25) is 0 Å². The van der Waals surface area contributed by atoms with Crippen molar-refractivity contribution in [2.24, 2.45) is 0 Å². The fourth-order valence-electron chi connectivity index (χ4n) is 3.41. The Bertz CT molecular complexity index is 263. The summed E-state index contributed by atoms with van der Waals surface area (Å²) in [5.74, 6) is 0. The van der Waals surface area contributed by atoms with Gasteiger partial charge in [0.15, 0.2) is 0 Å². The Labute approximate surface area is 99.5 Å². The van der Waals surface area contributed by atoms with Crippen LogP contribution in [0.4, 0.5) is 0 Å². The zero-order chi connectivity index (χ0) is 12.0. The van der Waals surface area contributed by atoms with E-state index in [-0.39, 0.29) is 11.2 Å². The fraction of sp³-hybridized carbons (Fsp3) is 1.00. The first-order valence-corrected chi connectivity index (χ1v) is 6.45. The average molecular weight is 226 g/mol. The van der Waals surface area contributed by atoms with Crippen molar-refractivity contribution in [3.05, 3.63) is 0 Å². The molecule has 2 heterocycles. The van der Waals surface area contributed by atoms with Crippen LogP contribution in [0.1, 0.15) is 40.5 Å². The van der Waals surface area contributed by atoms with E-state index in [2.05, 4.69) is 45.0 Å². The van der Waals surface area contributed by atoms with Crippen molar-refractivity contribution in [1.29, 1.82) is 0 Å². The van der Waals surface area contributed by atoms with E-state index in [1.54, 1.807) is 0 Å². The van der Waals surface area contributed by atoms with Gasteiger partial charge in [-0.05, 0) is 47.6 Å². The molecule has 0 aliphatic carbocycles. The molecular formula is C13H26N2O. The van der Waals surface area contributed by atoms with Gasteiger partial charge in [0.1, 0.15) is 0 Å². The first kappa shape index (κ1) is 12.3. The van der Waals surface area contributed by atoms with Gasteiger partial charge < -0.3 is 10.1 Å². The van der Waals surface area contributed by atoms with E-state index in [0.717, 1.165) is 6.42 Å². The lowest BCUT2D eigenvalue weighted by Crippen LogP contribution is -2.46. The summed E-state index contributed by atoms with van der Waals surface area (Å²) in [6, 6.07) is 1.24. The van der Waals surface area contributed by atoms with E-state index in [1.165, 1.54) is 19.5 Å². The molecule has 0 aromatic rings. The number of likely N-dealkylation sites (tertiary alicyclic amines) is 1. The third-order valence-electron chi connectivity index (χ3n) is 4.10. The average Bonchev–Trinajstić information content (AvgIpc) is 2.67. The minimum absolute atomic E-state index is 0.00781. The summed E-state index contributed by atoms with van der Waals surface area (Å²) in [4.78, 5) is 2.61. The molecule has 0 radical (unpaired) electrons. The number of hydrogen-bond acceptors (Lipinski definition) is 3. The molecule has 0 saturated carbocycles. The number of ether oxygens (including phenoxy) is 1. The van der Waals surface area contributed by atoms with E-state index in [9.17, 15) is 0 Å². The summed E-state index contributed by atoms with van der Waals surface area (Å²) in [7, 11) is 2.06. The molecule has 1 N–H and O–H groups in total. The van der Waals surface area contributed by atoms with Gasteiger partial charge >= 0.3 is 0 Å². The van der Waals surface area contributed by atoms with Crippen molar-refractivity contribution in [2.75, 3.05) is 20.1 Å². The van der Waals surface area contributed by atoms with Gasteiger partial charge in [0.05, 0.1) is 11.2 Å². The van der Waals surface area contributed by atoms with Crippen LogP contribution in [0.25, 0.3) is 0 Å². The zero-order valence-corrected chi connectivity index (χ0v) is 11.3. The Kier molecular flexibility index (Phi) is 3.06. The molecule has 0 aromatic heterocycles. The molecule has 94 valence electrons. The Balaban J connectivity index is 2.05. The fourth-order valence-corrected chi connectivity index (χ4v) is 3.41. The molecule has 2 aliphatic heterocycles. The second-order valence-corrected chi connectivity index (χ2v) is 6.45. The summed E-state index contributed by atoms with van der Waals surface area (Å²) in [6.07, 6.45) is 2.42. The summed E-state index contributed by atoms with van der Waals surface area (Å²) in [5, 5.41) is 3.38. The van der Waals surface area contributed by atoms with Crippen LogP contribution >= 0.6 is 0 Å². The largest absolute Gasteiger partial charge is 0.368 e. The van der Waals surface area contributed by atoms with E-state index >= 15 is 0 Å². The number of likely N-dealkylation sites (N-methyl/N-ethyl adjacent to an activating group) is 1. The predicted molar refractivity (Wildman–Crippen MR) is 66.7 cm³/mol. The van der Waals surface area contributed by atoms with Crippen molar-refractivity contribution in [1.82, 2.24) is 10.2 Å². The van der Waals surface area contributed by atoms with Gasteiger partial charge in [0.2, 0.25) is 0 Å². The molecule has 16 heavy (non-hydrogen) atoms. The van der Waals surface area contributed by atoms with Crippen LogP contribution in [0, 0.1) is 0 Å². The van der Waals surface area contributed by atoms with Crippen LogP contribution in [-0.4, -0.2) is 48.3 Å². The molecule has 2 unspecified atom stereocenters. The highest BCUT2D eigenvalue weighted by Crippen LogP contribution is 2.41. The molecule has 2 fully saturated rings. The standard InChI is InChI=1S/C13H26N2O/c1-12(2)8-11(13(3,4)16-12)15-7-6-10(9-15)14-5/h10-11,14H,6-9H2,1-5H3. The number of hydrogen-bond donors (Lipinski definition) is 1. The lowest BCUT2D eigenvalue weighted by molar-refractivity contribution is -0.0789. The van der Waals surface area contributed by atoms with E-state index < -0.39 is 0 Å². The summed E-state index contributed by atoms with van der Waals surface area (Å²) in [6.45, 7) is 11.3. The second-order valence-electron chi connectivity index (χ2n) is 6.45. The molecule has 0 amide bonds. The van der Waals surface area contributed by atoms with Crippen molar-refractivity contribution < 1.29 is 4.74 Å². The van der Waals surface area contributed by atoms with Crippen molar-refractivity contribution in [3.8, 4) is 0 Å². The highest BCUT2D eigenvalue weighted by Gasteiger charge is 2.49. The van der Waals surface area contributed by atoms with Gasteiger partial charge in [-0.15, -0.1) is 0 Å². The zero-order valence-electron chi connectivity index (χ0n) is 11.3. The number of nitrogens with zero attached hydrogens (tertiary/aromatic N) is 1. The summed E-state index contributed by atoms with van der Waals surface area (Å²) < 4.78 is 6.17. The monoisotopic (exact) mass is 226 g/mol. The van der Waals surface area contributed by atoms with Crippen molar-refractivity contribution in [2.45, 2.75) is 63.8 Å². The minimum atomic E-state index is -0.00781. The normalized spacial score (nSPS) is 38.1. The Morgan fingerprint density at radius 3 is 2.38 bits per heavy atom. The van der Waals surface area contributed by atoms with E-state index in [0.29, 0.717) is 12.1 Å². The SMILES string of the molecule is CNC1CCN(C2CC(C)(C)OC2(C)C)C1. The molecule has 0 bridgehead atoms. The van der Waals surface area contributed by atoms with Gasteiger partial charge in [0, 0.05) is 25.2 Å². The number of nitrogens with one attached hydrogen (secondary N) is 1. The maximum Gasteiger partial charge on any atom is 0.0789 e. The Hall–Kier alpha value is -0.120. The van der Waals surface area contributed by atoms with E-state index in [1.807, 2.05) is 0 Å². The molecular weight excluding hydrogens is 200 g/mol. The van der Waals surface area contributed by atoms with Crippen LogP contribution in [0.3, 0.4) is 0 Å². The van der Waals surface area contributed by atoms with Crippen LogP contribution in [0.5, 0.6) is 0 Å². The predicted octanol–water partition coefficient (Wildman–Crippen LogP) is 1.63.